The zero-order valence-electron chi connectivity index (χ0n) is 17.3. The summed E-state index contributed by atoms with van der Waals surface area (Å²) in [6.45, 7) is 0. The largest absolute Gasteiger partial charge is 0.433 e. The molecule has 0 radical (unpaired) electrons. The molecule has 2 heterocycles. The van der Waals surface area contributed by atoms with E-state index in [1.165, 1.54) is 12.1 Å². The van der Waals surface area contributed by atoms with Gasteiger partial charge in [-0.1, -0.05) is 41.9 Å². The van der Waals surface area contributed by atoms with Crippen molar-refractivity contribution in [1.82, 2.24) is 15.2 Å². The molecule has 0 fully saturated rings. The SMILES string of the molecule is O=S(=O)(Cc1ccc(Cl)cc1)Nc1ccc(-c2cc(Nc3cccc(C(F)(F)F)n3)n[nH]2)cc1. The van der Waals surface area contributed by atoms with E-state index in [0.29, 0.717) is 27.5 Å². The van der Waals surface area contributed by atoms with Crippen LogP contribution >= 0.6 is 11.6 Å². The number of aromatic nitrogens is 3. The van der Waals surface area contributed by atoms with Gasteiger partial charge in [-0.25, -0.2) is 13.4 Å². The van der Waals surface area contributed by atoms with Crippen LogP contribution in [-0.2, 0) is 22.0 Å². The van der Waals surface area contributed by atoms with Gasteiger partial charge in [0, 0.05) is 16.8 Å². The third-order valence-corrected chi connectivity index (χ3v) is 6.12. The van der Waals surface area contributed by atoms with Gasteiger partial charge in [-0.15, -0.1) is 0 Å². The smallest absolute Gasteiger partial charge is 0.323 e. The lowest BCUT2D eigenvalue weighted by molar-refractivity contribution is -0.141. The maximum Gasteiger partial charge on any atom is 0.433 e. The molecular formula is C22H17ClF3N5O2S. The first-order valence-electron chi connectivity index (χ1n) is 9.79. The first kappa shape index (κ1) is 23.6. The van der Waals surface area contributed by atoms with E-state index in [-0.39, 0.29) is 17.4 Å². The van der Waals surface area contributed by atoms with Gasteiger partial charge in [0.2, 0.25) is 10.0 Å². The van der Waals surface area contributed by atoms with Gasteiger partial charge in [-0.05, 0) is 47.5 Å². The molecule has 0 aliphatic rings. The number of benzene rings is 2. The van der Waals surface area contributed by atoms with Crippen LogP contribution < -0.4 is 10.0 Å². The third kappa shape index (κ3) is 6.06. The van der Waals surface area contributed by atoms with Gasteiger partial charge in [-0.3, -0.25) is 9.82 Å². The molecule has 0 aliphatic carbocycles. The van der Waals surface area contributed by atoms with Gasteiger partial charge in [0.15, 0.2) is 5.82 Å². The molecule has 0 bridgehead atoms. The molecule has 7 nitrogen and oxygen atoms in total. The molecule has 34 heavy (non-hydrogen) atoms. The highest BCUT2D eigenvalue weighted by atomic mass is 35.5. The molecule has 4 rings (SSSR count). The summed E-state index contributed by atoms with van der Waals surface area (Å²) in [6, 6.07) is 18.2. The maximum absolute atomic E-state index is 12.8. The van der Waals surface area contributed by atoms with E-state index in [1.807, 2.05) is 0 Å². The zero-order valence-corrected chi connectivity index (χ0v) is 18.8. The Balaban J connectivity index is 1.42. The normalized spacial score (nSPS) is 11.9. The van der Waals surface area contributed by atoms with Crippen molar-refractivity contribution >= 4 is 38.9 Å². The van der Waals surface area contributed by atoms with Crippen molar-refractivity contribution in [2.24, 2.45) is 0 Å². The minimum atomic E-state index is -4.55. The van der Waals surface area contributed by atoms with Crippen molar-refractivity contribution in [2.45, 2.75) is 11.9 Å². The second-order valence-corrected chi connectivity index (χ2v) is 9.42. The molecule has 176 valence electrons. The van der Waals surface area contributed by atoms with E-state index in [0.717, 1.165) is 6.07 Å². The summed E-state index contributed by atoms with van der Waals surface area (Å²) in [7, 11) is -3.63. The highest BCUT2D eigenvalue weighted by Crippen LogP contribution is 2.29. The Morgan fingerprint density at radius 2 is 1.65 bits per heavy atom. The number of H-pyrrole nitrogens is 1. The molecule has 12 heteroatoms. The van der Waals surface area contributed by atoms with Crippen molar-refractivity contribution in [3.05, 3.63) is 89.1 Å². The van der Waals surface area contributed by atoms with Crippen LogP contribution in [0.5, 0.6) is 0 Å². The van der Waals surface area contributed by atoms with E-state index >= 15 is 0 Å². The summed E-state index contributed by atoms with van der Waals surface area (Å²) in [6.07, 6.45) is -4.55. The molecule has 2 aromatic heterocycles. The second-order valence-electron chi connectivity index (χ2n) is 7.26. The highest BCUT2D eigenvalue weighted by molar-refractivity contribution is 7.91. The molecule has 0 aliphatic heterocycles. The third-order valence-electron chi connectivity index (χ3n) is 4.61. The summed E-state index contributed by atoms with van der Waals surface area (Å²) in [5.41, 5.74) is 1.23. The van der Waals surface area contributed by atoms with Crippen molar-refractivity contribution in [2.75, 3.05) is 10.0 Å². The average molecular weight is 508 g/mol. The second kappa shape index (κ2) is 9.35. The average Bonchev–Trinajstić information content (AvgIpc) is 3.23. The summed E-state index contributed by atoms with van der Waals surface area (Å²) in [5, 5.41) is 10.1. The summed E-state index contributed by atoms with van der Waals surface area (Å²) < 4.78 is 65.9. The van der Waals surface area contributed by atoms with Crippen LogP contribution in [0, 0.1) is 0 Å². The lowest BCUT2D eigenvalue weighted by atomic mass is 10.1. The van der Waals surface area contributed by atoms with E-state index < -0.39 is 21.9 Å². The molecular weight excluding hydrogens is 491 g/mol. The number of hydrogen-bond donors (Lipinski definition) is 3. The van der Waals surface area contributed by atoms with Crippen molar-refractivity contribution in [1.29, 1.82) is 0 Å². The monoisotopic (exact) mass is 507 g/mol. The number of pyridine rings is 1. The summed E-state index contributed by atoms with van der Waals surface area (Å²) >= 11 is 5.82. The van der Waals surface area contributed by atoms with E-state index in [4.69, 9.17) is 11.6 Å². The molecule has 3 N–H and O–H groups in total. The number of halogens is 4. The van der Waals surface area contributed by atoms with Gasteiger partial charge in [0.05, 0.1) is 11.4 Å². The fraction of sp³-hybridized carbons (Fsp3) is 0.0909. The van der Waals surface area contributed by atoms with Crippen molar-refractivity contribution in [3.8, 4) is 11.3 Å². The molecule has 0 saturated heterocycles. The van der Waals surface area contributed by atoms with Crippen LogP contribution in [0.3, 0.4) is 0 Å². The van der Waals surface area contributed by atoms with Crippen molar-refractivity contribution in [3.63, 3.8) is 0 Å². The van der Waals surface area contributed by atoms with Gasteiger partial charge >= 0.3 is 6.18 Å². The number of sulfonamides is 1. The van der Waals surface area contributed by atoms with E-state index in [2.05, 4.69) is 25.2 Å². The predicted octanol–water partition coefficient (Wildman–Crippen LogP) is 5.83. The van der Waals surface area contributed by atoms with Crippen LogP contribution in [0.4, 0.5) is 30.5 Å². The first-order valence-corrected chi connectivity index (χ1v) is 11.8. The summed E-state index contributed by atoms with van der Waals surface area (Å²) in [4.78, 5) is 3.54. The van der Waals surface area contributed by atoms with Gasteiger partial charge in [0.1, 0.15) is 11.5 Å². The van der Waals surface area contributed by atoms with Crippen LogP contribution in [0.15, 0.2) is 72.8 Å². The van der Waals surface area contributed by atoms with Crippen LogP contribution in [-0.4, -0.2) is 23.6 Å². The number of alkyl halides is 3. The van der Waals surface area contributed by atoms with Crippen LogP contribution in [0.2, 0.25) is 5.02 Å². The molecule has 4 aromatic rings. The molecule has 0 amide bonds. The molecule has 0 unspecified atom stereocenters. The van der Waals surface area contributed by atoms with Crippen LogP contribution in [0.1, 0.15) is 11.3 Å². The van der Waals surface area contributed by atoms with E-state index in [9.17, 15) is 21.6 Å². The Labute approximate surface area is 198 Å². The maximum atomic E-state index is 12.8. The number of rotatable bonds is 7. The van der Waals surface area contributed by atoms with Gasteiger partial charge in [-0.2, -0.15) is 18.3 Å². The Morgan fingerprint density at radius 3 is 2.32 bits per heavy atom. The fourth-order valence-corrected chi connectivity index (χ4v) is 4.39. The van der Waals surface area contributed by atoms with Gasteiger partial charge in [0.25, 0.3) is 0 Å². The number of hydrogen-bond acceptors (Lipinski definition) is 5. The quantitative estimate of drug-likeness (QED) is 0.292. The number of anilines is 3. The first-order chi connectivity index (χ1) is 16.1. The summed E-state index contributed by atoms with van der Waals surface area (Å²) in [5.74, 6) is 0.0679. The highest BCUT2D eigenvalue weighted by Gasteiger charge is 2.32. The molecule has 0 atom stereocenters. The Bertz CT molecular complexity index is 1390. The van der Waals surface area contributed by atoms with E-state index in [1.54, 1.807) is 54.6 Å². The Morgan fingerprint density at radius 1 is 0.941 bits per heavy atom. The predicted molar refractivity (Wildman–Crippen MR) is 124 cm³/mol. The Kier molecular flexibility index (Phi) is 6.49. The zero-order chi connectivity index (χ0) is 24.3. The number of aromatic amines is 1. The lowest BCUT2D eigenvalue weighted by Gasteiger charge is -2.09. The topological polar surface area (TPSA) is 99.8 Å². The lowest BCUT2D eigenvalue weighted by Crippen LogP contribution is -2.14. The van der Waals surface area contributed by atoms with Gasteiger partial charge < -0.3 is 5.32 Å². The Hall–Kier alpha value is -3.57. The number of nitrogens with zero attached hydrogens (tertiary/aromatic N) is 2. The molecule has 0 saturated carbocycles. The minimum absolute atomic E-state index is 0.00156. The van der Waals surface area contributed by atoms with Crippen LogP contribution in [0.25, 0.3) is 11.3 Å². The standard InChI is InChI=1S/C22H17ClF3N5O2S/c23-16-8-4-14(5-9-16)13-34(32,33)31-17-10-6-15(7-11-17)18-12-21(30-29-18)28-20-3-1-2-19(27-20)22(24,25)26/h1-12,31H,13H2,(H2,27,28,29,30). The van der Waals surface area contributed by atoms with Crippen molar-refractivity contribution < 1.29 is 21.6 Å². The minimum Gasteiger partial charge on any atom is -0.323 e. The fourth-order valence-electron chi connectivity index (χ4n) is 3.06. The molecule has 0 spiro atoms. The number of nitrogens with one attached hydrogen (secondary N) is 3. The molecule has 2 aromatic carbocycles.